The lowest BCUT2D eigenvalue weighted by atomic mass is 10.1. The number of rotatable bonds is 6. The van der Waals surface area contributed by atoms with Crippen molar-refractivity contribution in [3.8, 4) is 11.5 Å². The van der Waals surface area contributed by atoms with E-state index in [9.17, 15) is 9.90 Å². The van der Waals surface area contributed by atoms with Crippen LogP contribution in [-0.2, 0) is 13.2 Å². The van der Waals surface area contributed by atoms with Crippen LogP contribution in [0.25, 0.3) is 11.0 Å². The highest BCUT2D eigenvalue weighted by Crippen LogP contribution is 2.28. The minimum Gasteiger partial charge on any atom is -0.508 e. The zero-order chi connectivity index (χ0) is 20.2. The average molecular weight is 387 g/mol. The molecule has 0 spiro atoms. The number of benzene rings is 3. The number of nitrogens with one attached hydrogen (secondary N) is 1. The smallest absolute Gasteiger partial charge is 0.336 e. The number of anilines is 1. The molecular formula is C24H21NO4. The third-order valence-corrected chi connectivity index (χ3v) is 4.84. The summed E-state index contributed by atoms with van der Waals surface area (Å²) in [5.74, 6) is 0.915. The molecule has 3 aromatic carbocycles. The van der Waals surface area contributed by atoms with E-state index in [1.807, 2.05) is 54.6 Å². The largest absolute Gasteiger partial charge is 0.508 e. The van der Waals surface area contributed by atoms with Gasteiger partial charge >= 0.3 is 5.63 Å². The topological polar surface area (TPSA) is 71.7 Å². The summed E-state index contributed by atoms with van der Waals surface area (Å²) < 4.78 is 11.2. The van der Waals surface area contributed by atoms with Crippen molar-refractivity contribution in [2.45, 2.75) is 20.1 Å². The molecule has 0 radical (unpaired) electrons. The Morgan fingerprint density at radius 3 is 2.55 bits per heavy atom. The number of aromatic hydroxyl groups is 1. The van der Waals surface area contributed by atoms with Crippen LogP contribution >= 0.6 is 0 Å². The maximum atomic E-state index is 12.0. The Hall–Kier alpha value is -3.73. The second-order valence-corrected chi connectivity index (χ2v) is 6.79. The van der Waals surface area contributed by atoms with Crippen LogP contribution in [0.4, 0.5) is 5.69 Å². The Balaban J connectivity index is 1.57. The Morgan fingerprint density at radius 2 is 1.72 bits per heavy atom. The summed E-state index contributed by atoms with van der Waals surface area (Å²) in [5, 5.41) is 14.1. The second-order valence-electron chi connectivity index (χ2n) is 6.79. The molecule has 2 N–H and O–H groups in total. The van der Waals surface area contributed by atoms with Gasteiger partial charge in [0.05, 0.1) is 0 Å². The lowest BCUT2D eigenvalue weighted by molar-refractivity contribution is 0.307. The van der Waals surface area contributed by atoms with E-state index in [4.69, 9.17) is 9.15 Å². The third-order valence-electron chi connectivity index (χ3n) is 4.84. The molecule has 1 aromatic heterocycles. The van der Waals surface area contributed by atoms with Gasteiger partial charge in [0.2, 0.25) is 0 Å². The van der Waals surface area contributed by atoms with E-state index in [0.29, 0.717) is 24.3 Å². The molecule has 146 valence electrons. The molecule has 1 heterocycles. The highest BCUT2D eigenvalue weighted by molar-refractivity contribution is 5.85. The Bertz CT molecular complexity index is 1200. The number of phenolic OH excluding ortho intramolecular Hbond substituents is 1. The molecule has 4 aromatic rings. The van der Waals surface area contributed by atoms with Crippen LogP contribution in [0.2, 0.25) is 0 Å². The Labute approximate surface area is 168 Å². The third kappa shape index (κ3) is 4.09. The van der Waals surface area contributed by atoms with Crippen molar-refractivity contribution in [3.05, 3.63) is 99.9 Å². The number of phenols is 1. The van der Waals surface area contributed by atoms with Gasteiger partial charge < -0.3 is 19.6 Å². The highest BCUT2D eigenvalue weighted by Gasteiger charge is 2.11. The first-order chi connectivity index (χ1) is 14.1. The van der Waals surface area contributed by atoms with Gasteiger partial charge in [0.15, 0.2) is 0 Å². The average Bonchev–Trinajstić information content (AvgIpc) is 2.75. The molecule has 0 aliphatic rings. The zero-order valence-corrected chi connectivity index (χ0v) is 16.0. The summed E-state index contributed by atoms with van der Waals surface area (Å²) >= 11 is 0. The van der Waals surface area contributed by atoms with Gasteiger partial charge in [0, 0.05) is 34.8 Å². The fraction of sp³-hybridized carbons (Fsp3) is 0.125. The van der Waals surface area contributed by atoms with Crippen molar-refractivity contribution in [2.75, 3.05) is 5.32 Å². The van der Waals surface area contributed by atoms with Gasteiger partial charge in [-0.2, -0.15) is 0 Å². The lowest BCUT2D eigenvalue weighted by Gasteiger charge is -2.14. The van der Waals surface area contributed by atoms with Crippen LogP contribution in [-0.4, -0.2) is 5.11 Å². The molecule has 0 saturated heterocycles. The first-order valence-corrected chi connectivity index (χ1v) is 9.37. The van der Waals surface area contributed by atoms with Crippen molar-refractivity contribution in [1.82, 2.24) is 0 Å². The van der Waals surface area contributed by atoms with Crippen molar-refractivity contribution >= 4 is 16.7 Å². The van der Waals surface area contributed by atoms with Gasteiger partial charge in [0.1, 0.15) is 23.7 Å². The summed E-state index contributed by atoms with van der Waals surface area (Å²) in [6, 6.07) is 22.4. The van der Waals surface area contributed by atoms with Crippen LogP contribution < -0.4 is 15.7 Å². The van der Waals surface area contributed by atoms with E-state index in [0.717, 1.165) is 28.0 Å². The summed E-state index contributed by atoms with van der Waals surface area (Å²) in [6.45, 7) is 2.60. The quantitative estimate of drug-likeness (QED) is 0.456. The van der Waals surface area contributed by atoms with E-state index in [1.54, 1.807) is 19.1 Å². The monoisotopic (exact) mass is 387 g/mol. The van der Waals surface area contributed by atoms with Crippen LogP contribution in [0.3, 0.4) is 0 Å². The van der Waals surface area contributed by atoms with Gasteiger partial charge in [-0.25, -0.2) is 4.79 Å². The van der Waals surface area contributed by atoms with Gasteiger partial charge in [-0.3, -0.25) is 0 Å². The first-order valence-electron chi connectivity index (χ1n) is 9.37. The lowest BCUT2D eigenvalue weighted by Crippen LogP contribution is -2.08. The fourth-order valence-corrected chi connectivity index (χ4v) is 3.25. The standard InChI is InChI=1S/C24H21NO4/c1-16-22(26)12-11-20-18(13-23(27)29-24(16)20)14-25-21-10-6-5-7-17(21)15-28-19-8-3-2-4-9-19/h2-13,25-26H,14-15H2,1H3. The van der Waals surface area contributed by atoms with E-state index in [-0.39, 0.29) is 5.75 Å². The molecule has 0 aliphatic heterocycles. The first kappa shape index (κ1) is 18.6. The molecule has 5 nitrogen and oxygen atoms in total. The van der Waals surface area contributed by atoms with Crippen LogP contribution in [0.15, 0.2) is 82.0 Å². The van der Waals surface area contributed by atoms with Gasteiger partial charge in [-0.15, -0.1) is 0 Å². The van der Waals surface area contributed by atoms with Crippen LogP contribution in [0.1, 0.15) is 16.7 Å². The minimum atomic E-state index is -0.441. The van der Waals surface area contributed by atoms with Crippen molar-refractivity contribution < 1.29 is 14.3 Å². The molecule has 29 heavy (non-hydrogen) atoms. The number of fused-ring (bicyclic) bond motifs is 1. The van der Waals surface area contributed by atoms with Crippen LogP contribution in [0.5, 0.6) is 11.5 Å². The van der Waals surface area contributed by atoms with E-state index in [1.165, 1.54) is 6.07 Å². The Morgan fingerprint density at radius 1 is 0.966 bits per heavy atom. The van der Waals surface area contributed by atoms with Crippen molar-refractivity contribution in [2.24, 2.45) is 0 Å². The SMILES string of the molecule is Cc1c(O)ccc2c(CNc3ccccc3COc3ccccc3)cc(=O)oc12. The molecule has 0 aliphatic carbocycles. The predicted molar refractivity (Wildman–Crippen MR) is 113 cm³/mol. The van der Waals surface area contributed by atoms with Gasteiger partial charge in [-0.1, -0.05) is 36.4 Å². The van der Waals surface area contributed by atoms with Crippen molar-refractivity contribution in [1.29, 1.82) is 0 Å². The van der Waals surface area contributed by atoms with Gasteiger partial charge in [0.25, 0.3) is 0 Å². The molecule has 0 fully saturated rings. The summed E-state index contributed by atoms with van der Waals surface area (Å²) in [7, 11) is 0. The number of hydrogen-bond acceptors (Lipinski definition) is 5. The molecule has 0 bridgehead atoms. The second kappa shape index (κ2) is 8.10. The zero-order valence-electron chi connectivity index (χ0n) is 16.0. The molecule has 5 heteroatoms. The molecule has 0 saturated carbocycles. The maximum Gasteiger partial charge on any atom is 0.336 e. The number of ether oxygens (including phenoxy) is 1. The molecule has 0 unspecified atom stereocenters. The summed E-state index contributed by atoms with van der Waals surface area (Å²) in [6.07, 6.45) is 0. The summed E-state index contributed by atoms with van der Waals surface area (Å²) in [5.41, 5.74) is 3.27. The minimum absolute atomic E-state index is 0.106. The van der Waals surface area contributed by atoms with E-state index < -0.39 is 5.63 Å². The number of para-hydroxylation sites is 2. The summed E-state index contributed by atoms with van der Waals surface area (Å²) in [4.78, 5) is 12.0. The van der Waals surface area contributed by atoms with E-state index in [2.05, 4.69) is 5.32 Å². The molecule has 4 rings (SSSR count). The van der Waals surface area contributed by atoms with E-state index >= 15 is 0 Å². The van der Waals surface area contributed by atoms with Crippen LogP contribution in [0, 0.1) is 6.92 Å². The fourth-order valence-electron chi connectivity index (χ4n) is 3.25. The Kier molecular flexibility index (Phi) is 5.20. The molecular weight excluding hydrogens is 366 g/mol. The predicted octanol–water partition coefficient (Wildman–Crippen LogP) is 5.00. The maximum absolute atomic E-state index is 12.0. The highest BCUT2D eigenvalue weighted by atomic mass is 16.5. The van der Waals surface area contributed by atoms with Gasteiger partial charge in [-0.05, 0) is 42.8 Å². The normalized spacial score (nSPS) is 10.8. The number of aryl methyl sites for hydroxylation is 1. The molecule has 0 atom stereocenters. The molecule has 0 amide bonds. The number of hydrogen-bond donors (Lipinski definition) is 2. The van der Waals surface area contributed by atoms with Crippen molar-refractivity contribution in [3.63, 3.8) is 0 Å².